The summed E-state index contributed by atoms with van der Waals surface area (Å²) in [6.07, 6.45) is 1.04. The molecule has 1 aliphatic heterocycles. The van der Waals surface area contributed by atoms with Crippen LogP contribution in [0.15, 0.2) is 0 Å². The minimum Gasteiger partial charge on any atom is -0.390 e. The largest absolute Gasteiger partial charge is 0.390 e. The van der Waals surface area contributed by atoms with E-state index >= 15 is 0 Å². The lowest BCUT2D eigenvalue weighted by molar-refractivity contribution is 0.128. The molecule has 2 N–H and O–H groups in total. The lowest BCUT2D eigenvalue weighted by atomic mass is 10.1. The Bertz CT molecular complexity index is 139. The Morgan fingerprint density at radius 1 is 1.54 bits per heavy atom. The molecule has 1 unspecified atom stereocenters. The van der Waals surface area contributed by atoms with Gasteiger partial charge in [-0.1, -0.05) is 13.8 Å². The number of aliphatic hydroxyl groups excluding tert-OH is 1. The molecule has 0 aromatic carbocycles. The molecule has 0 radical (unpaired) electrons. The molecule has 0 amide bonds. The van der Waals surface area contributed by atoms with E-state index in [2.05, 4.69) is 24.1 Å². The van der Waals surface area contributed by atoms with Crippen LogP contribution in [-0.2, 0) is 0 Å². The number of rotatable bonds is 3. The first-order chi connectivity index (χ1) is 6.18. The third-order valence-electron chi connectivity index (χ3n) is 2.48. The van der Waals surface area contributed by atoms with Crippen molar-refractivity contribution < 1.29 is 5.11 Å². The fourth-order valence-electron chi connectivity index (χ4n) is 1.60. The van der Waals surface area contributed by atoms with E-state index in [1.54, 1.807) is 0 Å². The van der Waals surface area contributed by atoms with Crippen molar-refractivity contribution in [3.05, 3.63) is 0 Å². The Balaban J connectivity index is 2.22. The number of hydrogen-bond acceptors (Lipinski definition) is 3. The average Bonchev–Trinajstić information content (AvgIpc) is 2.26. The zero-order valence-electron chi connectivity index (χ0n) is 8.79. The first-order valence-corrected chi connectivity index (χ1v) is 5.29. The Morgan fingerprint density at radius 3 is 3.00 bits per heavy atom. The monoisotopic (exact) mass is 186 g/mol. The van der Waals surface area contributed by atoms with Crippen LogP contribution in [-0.4, -0.2) is 48.8 Å². The number of hydrogen-bond donors (Lipinski definition) is 2. The second kappa shape index (κ2) is 5.58. The predicted molar refractivity (Wildman–Crippen MR) is 54.8 cm³/mol. The lowest BCUT2D eigenvalue weighted by Gasteiger charge is -2.21. The summed E-state index contributed by atoms with van der Waals surface area (Å²) in [7, 11) is 0. The van der Waals surface area contributed by atoms with Crippen molar-refractivity contribution in [2.45, 2.75) is 26.4 Å². The highest BCUT2D eigenvalue weighted by Gasteiger charge is 2.14. The molecule has 1 heterocycles. The molecule has 0 spiro atoms. The molecule has 0 bridgehead atoms. The summed E-state index contributed by atoms with van der Waals surface area (Å²) in [6.45, 7) is 9.27. The molecule has 3 nitrogen and oxygen atoms in total. The lowest BCUT2D eigenvalue weighted by Crippen LogP contribution is -2.33. The molecule has 0 aliphatic carbocycles. The van der Waals surface area contributed by atoms with Gasteiger partial charge in [0, 0.05) is 26.2 Å². The van der Waals surface area contributed by atoms with Crippen LogP contribution in [0.25, 0.3) is 0 Å². The topological polar surface area (TPSA) is 35.5 Å². The Labute approximate surface area is 81.1 Å². The zero-order valence-corrected chi connectivity index (χ0v) is 8.79. The van der Waals surface area contributed by atoms with Crippen molar-refractivity contribution in [3.63, 3.8) is 0 Å². The summed E-state index contributed by atoms with van der Waals surface area (Å²) in [5, 5.41) is 12.7. The molecule has 1 rings (SSSR count). The summed E-state index contributed by atoms with van der Waals surface area (Å²) < 4.78 is 0. The van der Waals surface area contributed by atoms with Crippen molar-refractivity contribution in [1.82, 2.24) is 10.2 Å². The van der Waals surface area contributed by atoms with Gasteiger partial charge in [0.25, 0.3) is 0 Å². The van der Waals surface area contributed by atoms with Gasteiger partial charge in [0.05, 0.1) is 6.10 Å². The first-order valence-electron chi connectivity index (χ1n) is 5.29. The minimum atomic E-state index is -0.185. The number of nitrogens with one attached hydrogen (secondary N) is 1. The number of nitrogens with zero attached hydrogens (tertiary/aromatic N) is 1. The van der Waals surface area contributed by atoms with E-state index in [9.17, 15) is 5.11 Å². The molecular weight excluding hydrogens is 164 g/mol. The molecule has 3 heteroatoms. The van der Waals surface area contributed by atoms with E-state index in [4.69, 9.17) is 0 Å². The van der Waals surface area contributed by atoms with Crippen molar-refractivity contribution in [2.75, 3.05) is 32.7 Å². The summed E-state index contributed by atoms with van der Waals surface area (Å²) in [6, 6.07) is 0. The van der Waals surface area contributed by atoms with Gasteiger partial charge in [0.1, 0.15) is 0 Å². The van der Waals surface area contributed by atoms with Crippen LogP contribution in [0.3, 0.4) is 0 Å². The Hall–Kier alpha value is -0.120. The van der Waals surface area contributed by atoms with E-state index in [-0.39, 0.29) is 6.10 Å². The van der Waals surface area contributed by atoms with E-state index in [0.717, 1.165) is 38.6 Å². The molecule has 0 aromatic rings. The summed E-state index contributed by atoms with van der Waals surface area (Å²) in [4.78, 5) is 2.35. The fraction of sp³-hybridized carbons (Fsp3) is 1.00. The average molecular weight is 186 g/mol. The van der Waals surface area contributed by atoms with Crippen molar-refractivity contribution in [1.29, 1.82) is 0 Å². The smallest absolute Gasteiger partial charge is 0.0791 e. The summed E-state index contributed by atoms with van der Waals surface area (Å²) in [5.74, 6) is 0.758. The van der Waals surface area contributed by atoms with Crippen LogP contribution in [0.1, 0.15) is 20.3 Å². The maximum absolute atomic E-state index is 9.52. The van der Waals surface area contributed by atoms with Gasteiger partial charge in [-0.15, -0.1) is 0 Å². The van der Waals surface area contributed by atoms with Crippen molar-refractivity contribution >= 4 is 0 Å². The van der Waals surface area contributed by atoms with Crippen LogP contribution in [0.2, 0.25) is 0 Å². The maximum atomic E-state index is 9.52. The normalized spacial score (nSPS) is 26.3. The van der Waals surface area contributed by atoms with Crippen LogP contribution in [0.5, 0.6) is 0 Å². The van der Waals surface area contributed by atoms with Gasteiger partial charge < -0.3 is 10.4 Å². The molecule has 1 saturated heterocycles. The Morgan fingerprint density at radius 2 is 2.31 bits per heavy atom. The standard InChI is InChI=1S/C10H22N2O/c1-9(2)3-5-12-6-4-11-7-10(13)8-12/h9-11,13H,3-8H2,1-2H3. The molecule has 1 aliphatic rings. The van der Waals surface area contributed by atoms with Crippen LogP contribution in [0.4, 0.5) is 0 Å². The first kappa shape index (κ1) is 11.0. The number of aliphatic hydroxyl groups is 1. The Kier molecular flexibility index (Phi) is 4.70. The predicted octanol–water partition coefficient (Wildman–Crippen LogP) is 0.299. The van der Waals surface area contributed by atoms with Gasteiger partial charge in [-0.25, -0.2) is 0 Å². The minimum absolute atomic E-state index is 0.185. The van der Waals surface area contributed by atoms with Crippen LogP contribution >= 0.6 is 0 Å². The SMILES string of the molecule is CC(C)CCN1CCNCC(O)C1. The van der Waals surface area contributed by atoms with Gasteiger partial charge in [0.15, 0.2) is 0 Å². The van der Waals surface area contributed by atoms with E-state index < -0.39 is 0 Å². The molecule has 1 fully saturated rings. The van der Waals surface area contributed by atoms with Crippen LogP contribution < -0.4 is 5.32 Å². The molecule has 0 saturated carbocycles. The quantitative estimate of drug-likeness (QED) is 0.665. The molecule has 78 valence electrons. The third kappa shape index (κ3) is 4.60. The van der Waals surface area contributed by atoms with Crippen molar-refractivity contribution in [2.24, 2.45) is 5.92 Å². The third-order valence-corrected chi connectivity index (χ3v) is 2.48. The highest BCUT2D eigenvalue weighted by molar-refractivity contribution is 4.72. The molecule has 0 aromatic heterocycles. The van der Waals surface area contributed by atoms with Crippen LogP contribution in [0, 0.1) is 5.92 Å². The van der Waals surface area contributed by atoms with E-state index in [0.29, 0.717) is 0 Å². The highest BCUT2D eigenvalue weighted by atomic mass is 16.3. The second-order valence-corrected chi connectivity index (χ2v) is 4.34. The number of β-amino-alcohol motifs (C(OH)–C–C–N with tert-alkyl or cyclic N) is 1. The van der Waals surface area contributed by atoms with Gasteiger partial charge in [-0.05, 0) is 18.9 Å². The van der Waals surface area contributed by atoms with Crippen molar-refractivity contribution in [3.8, 4) is 0 Å². The molecule has 1 atom stereocenters. The van der Waals surface area contributed by atoms with Gasteiger partial charge in [-0.2, -0.15) is 0 Å². The second-order valence-electron chi connectivity index (χ2n) is 4.34. The van der Waals surface area contributed by atoms with E-state index in [1.165, 1.54) is 6.42 Å². The molecular formula is C10H22N2O. The summed E-state index contributed by atoms with van der Waals surface area (Å²) in [5.41, 5.74) is 0. The van der Waals surface area contributed by atoms with Gasteiger partial charge in [-0.3, -0.25) is 4.90 Å². The highest BCUT2D eigenvalue weighted by Crippen LogP contribution is 2.03. The zero-order chi connectivity index (χ0) is 9.68. The fourth-order valence-corrected chi connectivity index (χ4v) is 1.60. The molecule has 13 heavy (non-hydrogen) atoms. The van der Waals surface area contributed by atoms with E-state index in [1.807, 2.05) is 0 Å². The summed E-state index contributed by atoms with van der Waals surface area (Å²) >= 11 is 0. The van der Waals surface area contributed by atoms with Gasteiger partial charge in [0.2, 0.25) is 0 Å². The van der Waals surface area contributed by atoms with Gasteiger partial charge >= 0.3 is 0 Å². The maximum Gasteiger partial charge on any atom is 0.0791 e.